The van der Waals surface area contributed by atoms with Gasteiger partial charge in [0.2, 0.25) is 0 Å². The number of halogens is 1. The number of ketones is 1. The maximum absolute atomic E-state index is 13.2. The van der Waals surface area contributed by atoms with Crippen molar-refractivity contribution in [1.82, 2.24) is 9.47 Å². The van der Waals surface area contributed by atoms with Crippen molar-refractivity contribution in [2.24, 2.45) is 0 Å². The van der Waals surface area contributed by atoms with Crippen molar-refractivity contribution in [3.63, 3.8) is 0 Å². The van der Waals surface area contributed by atoms with Gasteiger partial charge < -0.3 is 9.64 Å². The van der Waals surface area contributed by atoms with Gasteiger partial charge in [-0.2, -0.15) is 0 Å². The minimum Gasteiger partial charge on any atom is -0.378 e. The van der Waals surface area contributed by atoms with E-state index in [4.69, 9.17) is 4.74 Å². The highest BCUT2D eigenvalue weighted by Gasteiger charge is 2.34. The van der Waals surface area contributed by atoms with Gasteiger partial charge in [0.25, 0.3) is 17.2 Å². The maximum atomic E-state index is 13.2. The van der Waals surface area contributed by atoms with Crippen LogP contribution in [0.3, 0.4) is 0 Å². The Labute approximate surface area is 167 Å². The highest BCUT2D eigenvalue weighted by molar-refractivity contribution is 9.10. The molecule has 1 aromatic heterocycles. The average Bonchev–Trinajstić information content (AvgIpc) is 2.71. The van der Waals surface area contributed by atoms with Crippen molar-refractivity contribution in [3.8, 4) is 0 Å². The molecule has 3 rings (SSSR count). The van der Waals surface area contributed by atoms with Crippen LogP contribution in [0.15, 0.2) is 51.9 Å². The predicted octanol–water partition coefficient (Wildman–Crippen LogP) is 1.80. The van der Waals surface area contributed by atoms with Crippen LogP contribution in [0.2, 0.25) is 0 Å². The summed E-state index contributed by atoms with van der Waals surface area (Å²) in [5, 5.41) is 10.8. The Bertz CT molecular complexity index is 966. The molecule has 1 aromatic carbocycles. The topological polar surface area (TPSA) is 112 Å². The van der Waals surface area contributed by atoms with Crippen LogP contribution in [-0.2, 0) is 9.53 Å². The van der Waals surface area contributed by atoms with Crippen molar-refractivity contribution in [2.45, 2.75) is 6.04 Å². The summed E-state index contributed by atoms with van der Waals surface area (Å²) in [6, 6.07) is 6.30. The van der Waals surface area contributed by atoms with Gasteiger partial charge in [-0.05, 0) is 34.1 Å². The van der Waals surface area contributed by atoms with Crippen LogP contribution >= 0.6 is 15.9 Å². The lowest BCUT2D eigenvalue weighted by Crippen LogP contribution is -2.48. The number of ether oxygens (including phenoxy) is 1. The highest BCUT2D eigenvalue weighted by Crippen LogP contribution is 2.21. The number of aromatic nitrogens is 1. The van der Waals surface area contributed by atoms with E-state index < -0.39 is 28.2 Å². The average molecular weight is 450 g/mol. The number of non-ortho nitro benzene ring substituents is 1. The predicted molar refractivity (Wildman–Crippen MR) is 102 cm³/mol. The number of carbonyl (C=O) groups is 2. The van der Waals surface area contributed by atoms with Crippen LogP contribution < -0.4 is 5.56 Å². The molecular weight excluding hydrogens is 434 g/mol. The second-order valence-electron chi connectivity index (χ2n) is 6.10. The van der Waals surface area contributed by atoms with Crippen molar-refractivity contribution in [3.05, 3.63) is 73.1 Å². The number of pyridine rings is 1. The van der Waals surface area contributed by atoms with Crippen molar-refractivity contribution < 1.29 is 19.2 Å². The number of morpholine rings is 1. The van der Waals surface area contributed by atoms with E-state index in [1.54, 1.807) is 0 Å². The summed E-state index contributed by atoms with van der Waals surface area (Å²) in [7, 11) is 0. The Morgan fingerprint density at radius 1 is 1.11 bits per heavy atom. The molecular formula is C18H16BrN3O6. The van der Waals surface area contributed by atoms with Gasteiger partial charge in [-0.3, -0.25) is 29.1 Å². The first-order valence-corrected chi connectivity index (χ1v) is 9.20. The number of nitro groups is 1. The molecule has 0 aliphatic carbocycles. The first kappa shape index (κ1) is 19.9. The summed E-state index contributed by atoms with van der Waals surface area (Å²) in [4.78, 5) is 50.4. The van der Waals surface area contributed by atoms with Crippen molar-refractivity contribution in [2.75, 3.05) is 26.3 Å². The highest BCUT2D eigenvalue weighted by atomic mass is 79.9. The molecule has 1 atom stereocenters. The monoisotopic (exact) mass is 449 g/mol. The van der Waals surface area contributed by atoms with Gasteiger partial charge in [0, 0.05) is 47.5 Å². The van der Waals surface area contributed by atoms with E-state index in [2.05, 4.69) is 15.9 Å². The molecule has 1 aliphatic heterocycles. The van der Waals surface area contributed by atoms with Gasteiger partial charge in [0.15, 0.2) is 11.8 Å². The minimum absolute atomic E-state index is 0.101. The molecule has 0 N–H and O–H groups in total. The quantitative estimate of drug-likeness (QED) is 0.297. The number of hydrogen-bond acceptors (Lipinski definition) is 6. The summed E-state index contributed by atoms with van der Waals surface area (Å²) >= 11 is 3.25. The SMILES string of the molecule is O=C(c1ccc([N+](=O)[O-])cc1)C(C(=O)N1CCOCC1)n1cc(Br)ccc1=O. The van der Waals surface area contributed by atoms with Gasteiger partial charge in [0.05, 0.1) is 18.1 Å². The molecule has 9 nitrogen and oxygen atoms in total. The number of amides is 1. The minimum atomic E-state index is -1.41. The molecule has 0 bridgehead atoms. The molecule has 146 valence electrons. The number of benzene rings is 1. The van der Waals surface area contributed by atoms with Gasteiger partial charge in [-0.1, -0.05) is 0 Å². The lowest BCUT2D eigenvalue weighted by molar-refractivity contribution is -0.384. The van der Waals surface area contributed by atoms with E-state index in [-0.39, 0.29) is 11.3 Å². The van der Waals surface area contributed by atoms with Gasteiger partial charge in [0.1, 0.15) is 0 Å². The van der Waals surface area contributed by atoms with E-state index in [1.165, 1.54) is 47.5 Å². The molecule has 1 amide bonds. The van der Waals surface area contributed by atoms with E-state index >= 15 is 0 Å². The summed E-state index contributed by atoms with van der Waals surface area (Å²) in [6.07, 6.45) is 1.38. The summed E-state index contributed by atoms with van der Waals surface area (Å²) < 4.78 is 6.85. The third-order valence-corrected chi connectivity index (χ3v) is 4.82. The Kier molecular flexibility index (Phi) is 6.00. The molecule has 0 radical (unpaired) electrons. The molecule has 1 aliphatic rings. The maximum Gasteiger partial charge on any atom is 0.269 e. The Balaban J connectivity index is 2.03. The fraction of sp³-hybridized carbons (Fsp3) is 0.278. The summed E-state index contributed by atoms with van der Waals surface area (Å²) in [6.45, 7) is 1.31. The first-order valence-electron chi connectivity index (χ1n) is 8.41. The molecule has 10 heteroatoms. The molecule has 0 saturated carbocycles. The second-order valence-corrected chi connectivity index (χ2v) is 7.02. The van der Waals surface area contributed by atoms with Gasteiger partial charge in [-0.15, -0.1) is 0 Å². The summed E-state index contributed by atoms with van der Waals surface area (Å²) in [5.41, 5.74) is -0.582. The molecule has 2 heterocycles. The molecule has 1 saturated heterocycles. The third kappa shape index (κ3) is 4.18. The van der Waals surface area contributed by atoms with E-state index in [1.807, 2.05) is 0 Å². The number of nitrogens with zero attached hydrogens (tertiary/aromatic N) is 3. The number of carbonyl (C=O) groups excluding carboxylic acids is 2. The number of hydrogen-bond donors (Lipinski definition) is 0. The standard InChI is InChI=1S/C18H16BrN3O6/c19-13-3-6-15(23)21(11-13)16(18(25)20-7-9-28-10-8-20)17(24)12-1-4-14(5-2-12)22(26)27/h1-6,11,16H,7-10H2. The molecule has 28 heavy (non-hydrogen) atoms. The van der Waals surface area contributed by atoms with Crippen LogP contribution in [-0.4, -0.2) is 52.4 Å². The second kappa shape index (κ2) is 8.44. The summed E-state index contributed by atoms with van der Waals surface area (Å²) in [5.74, 6) is -1.14. The zero-order valence-corrected chi connectivity index (χ0v) is 16.2. The number of Topliss-reactive ketones (excluding diaryl/α,β-unsaturated/α-hetero) is 1. The van der Waals surface area contributed by atoms with Gasteiger partial charge >= 0.3 is 0 Å². The van der Waals surface area contributed by atoms with Crippen molar-refractivity contribution >= 4 is 33.3 Å². The van der Waals surface area contributed by atoms with E-state index in [0.29, 0.717) is 30.8 Å². The molecule has 1 fully saturated rings. The van der Waals surface area contributed by atoms with Crippen LogP contribution in [0.25, 0.3) is 0 Å². The van der Waals surface area contributed by atoms with E-state index in [0.717, 1.165) is 4.57 Å². The number of rotatable bonds is 5. The Hall–Kier alpha value is -2.85. The smallest absolute Gasteiger partial charge is 0.269 e. The lowest BCUT2D eigenvalue weighted by Gasteiger charge is -2.30. The fourth-order valence-corrected chi connectivity index (χ4v) is 3.25. The normalized spacial score (nSPS) is 15.1. The molecule has 2 aromatic rings. The Morgan fingerprint density at radius 3 is 2.36 bits per heavy atom. The Morgan fingerprint density at radius 2 is 1.75 bits per heavy atom. The lowest BCUT2D eigenvalue weighted by atomic mass is 10.0. The zero-order valence-electron chi connectivity index (χ0n) is 14.6. The van der Waals surface area contributed by atoms with Gasteiger partial charge in [-0.25, -0.2) is 0 Å². The number of nitro benzene ring substituents is 1. The molecule has 0 spiro atoms. The zero-order chi connectivity index (χ0) is 20.3. The van der Waals surface area contributed by atoms with Crippen LogP contribution in [0, 0.1) is 10.1 Å². The molecule has 1 unspecified atom stereocenters. The van der Waals surface area contributed by atoms with Crippen LogP contribution in [0.1, 0.15) is 16.4 Å². The van der Waals surface area contributed by atoms with Crippen molar-refractivity contribution in [1.29, 1.82) is 0 Å². The first-order chi connectivity index (χ1) is 13.4. The third-order valence-electron chi connectivity index (χ3n) is 4.35. The van der Waals surface area contributed by atoms with Crippen LogP contribution in [0.5, 0.6) is 0 Å². The largest absolute Gasteiger partial charge is 0.378 e. The fourth-order valence-electron chi connectivity index (χ4n) is 2.90. The van der Waals surface area contributed by atoms with E-state index in [9.17, 15) is 24.5 Å². The van der Waals surface area contributed by atoms with Crippen LogP contribution in [0.4, 0.5) is 5.69 Å².